The third-order valence-electron chi connectivity index (χ3n) is 17.8. The highest BCUT2D eigenvalue weighted by atomic mass is 35.6. The molecule has 2 amide bonds. The van der Waals surface area contributed by atoms with Gasteiger partial charge in [-0.1, -0.05) is 549 Å². The summed E-state index contributed by atoms with van der Waals surface area (Å²) in [7, 11) is 0. The van der Waals surface area contributed by atoms with Crippen LogP contribution in [0.25, 0.3) is 22.5 Å². The fraction of sp³-hybridized carbons (Fsp3) is 0.152. The Kier molecular flexibility index (Phi) is 50.6. The van der Waals surface area contributed by atoms with Gasteiger partial charge in [0.25, 0.3) is 11.8 Å². The molecule has 2 aromatic heterocycles. The van der Waals surface area contributed by atoms with E-state index in [9.17, 15) is 9.59 Å². The first kappa shape index (κ1) is 106. The third kappa shape index (κ3) is 36.2. The van der Waals surface area contributed by atoms with Gasteiger partial charge < -0.3 is 35.4 Å². The van der Waals surface area contributed by atoms with Crippen molar-refractivity contribution in [1.29, 1.82) is 0 Å². The van der Waals surface area contributed by atoms with Crippen molar-refractivity contribution in [3.63, 3.8) is 0 Å². The molecule has 14 rings (SSSR count). The first-order valence-corrected chi connectivity index (χ1v) is 44.4. The van der Waals surface area contributed by atoms with Gasteiger partial charge in [-0.25, -0.2) is 0 Å². The van der Waals surface area contributed by atoms with Gasteiger partial charge in [0.15, 0.2) is 61.6 Å². The van der Waals surface area contributed by atoms with Gasteiger partial charge >= 0.3 is 0 Å². The minimum Gasteiger partial charge on any atom is -1.00 e. The molecule has 12 aromatic carbocycles. The zero-order valence-electron chi connectivity index (χ0n) is 64.3. The average molecular weight is 2040 g/mol. The quantitative estimate of drug-likeness (QED) is 0.0521. The summed E-state index contributed by atoms with van der Waals surface area (Å²) in [6.45, 7) is 1.19. The van der Waals surface area contributed by atoms with Gasteiger partial charge in [0.2, 0.25) is 0 Å². The van der Waals surface area contributed by atoms with Gasteiger partial charge in [0, 0.05) is 35.1 Å². The number of halogens is 20. The van der Waals surface area contributed by atoms with Crippen LogP contribution in [0.15, 0.2) is 376 Å². The molecule has 0 radical (unpaired) electrons. The number of benzene rings is 12. The highest BCUT2D eigenvalue weighted by Gasteiger charge is 2.51. The zero-order chi connectivity index (χ0) is 86.7. The number of rotatable bonds is 22. The van der Waals surface area contributed by atoms with Gasteiger partial charge in [-0.05, 0) is 68.8 Å². The fourth-order valence-electron chi connectivity index (χ4n) is 13.1. The van der Waals surface area contributed by atoms with E-state index in [0.717, 1.165) is 67.0 Å². The fourth-order valence-corrected chi connectivity index (χ4v) is 13.1. The molecule has 0 unspecified atom stereocenters. The van der Waals surface area contributed by atoms with Crippen molar-refractivity contribution < 1.29 is 43.8 Å². The van der Waals surface area contributed by atoms with E-state index in [4.69, 9.17) is 219 Å². The molecule has 10 nitrogen and oxygen atoms in total. The average Bonchev–Trinajstić information content (AvgIpc) is 1.36. The molecule has 122 heavy (non-hydrogen) atoms. The van der Waals surface area contributed by atoms with E-state index in [2.05, 4.69) is 236 Å². The predicted octanol–water partition coefficient (Wildman–Crippen LogP) is 22.0. The number of alkyl halides is 18. The molecule has 0 saturated heterocycles. The Morgan fingerprint density at radius 1 is 0.270 bits per heavy atom. The van der Waals surface area contributed by atoms with Crippen molar-refractivity contribution in [3.8, 4) is 22.5 Å². The van der Waals surface area contributed by atoms with Crippen molar-refractivity contribution in [2.24, 2.45) is 0 Å². The van der Waals surface area contributed by atoms with E-state index in [1.165, 1.54) is 0 Å². The first-order chi connectivity index (χ1) is 57.8. The topological polar surface area (TPSA) is 102 Å². The van der Waals surface area contributed by atoms with Gasteiger partial charge in [-0.15, -0.1) is 18.7 Å². The summed E-state index contributed by atoms with van der Waals surface area (Å²) in [6, 6.07) is 122. The highest BCUT2D eigenvalue weighted by molar-refractivity contribution is 6.65. The largest absolute Gasteiger partial charge is 1.00 e. The molecule has 2 heterocycles. The Balaban J connectivity index is 0.000000339. The number of hydrogen-bond donors (Lipinski definition) is 2. The number of carbonyl (C=O) groups is 2. The van der Waals surface area contributed by atoms with Crippen LogP contribution in [-0.2, 0) is 37.0 Å². The Morgan fingerprint density at radius 3 is 0.664 bits per heavy atom. The molecule has 2 atom stereocenters. The van der Waals surface area contributed by atoms with Crippen LogP contribution in [0.5, 0.6) is 0 Å². The summed E-state index contributed by atoms with van der Waals surface area (Å²) in [5, 5.41) is 17.9. The lowest BCUT2D eigenvalue weighted by Gasteiger charge is -2.40. The van der Waals surface area contributed by atoms with Crippen molar-refractivity contribution in [1.82, 2.24) is 30.4 Å². The molecule has 640 valence electrons. The zero-order valence-corrected chi connectivity index (χ0v) is 79.4. The molecule has 0 fully saturated rings. The van der Waals surface area contributed by atoms with Crippen LogP contribution in [0.3, 0.4) is 0 Å². The summed E-state index contributed by atoms with van der Waals surface area (Å²) in [5.74, 6) is -0.317. The monoisotopic (exact) mass is 2030 g/mol. The van der Waals surface area contributed by atoms with Crippen molar-refractivity contribution in [2.45, 2.75) is 74.9 Å². The lowest BCUT2D eigenvalue weighted by Crippen LogP contribution is -3.00. The summed E-state index contributed by atoms with van der Waals surface area (Å²) in [6.07, 6.45) is 5.48. The minimum absolute atomic E-state index is 0. The van der Waals surface area contributed by atoms with Crippen molar-refractivity contribution >= 4 is 221 Å². The Bertz CT molecular complexity index is 4680. The number of nitrogens with one attached hydrogen (secondary N) is 2. The molecule has 2 N–H and O–H groups in total. The number of hydrogen-bond acceptors (Lipinski definition) is 4. The molecule has 0 aliphatic heterocycles. The minimum atomic E-state index is -1.02. The van der Waals surface area contributed by atoms with E-state index in [1.54, 1.807) is 0 Å². The lowest BCUT2D eigenvalue weighted by molar-refractivity contribution is -0.785. The smallest absolute Gasteiger partial charge is 0.252 e. The van der Waals surface area contributed by atoms with Crippen LogP contribution in [0.2, 0.25) is 0 Å². The van der Waals surface area contributed by atoms with Crippen LogP contribution < -0.4 is 44.8 Å². The maximum atomic E-state index is 14.4. The SMILES string of the molecule is ClC(Cl)Cl.ClC(Cl)Cl.ClC(Cl)Cl.ClC(Cl)Cl.ClC(Cl)Cl.ClC(Cl)Cl.O=C(NC(c1ccccc1)(c1ccccc1)[C@H](Cc1ccccc1)[n+]1cc(-c2ccccc2)n(Cc2ccccc2)n1)c1ccccc1.O=C(NC(c1ccccc1)(c1ccccc1)[C@H](Cc1ccccc1)[n+]1cc(-c2ccccc2)n(Cc2ccccc2)n1)c1ccccc1.[Cl-].[Cl-]. The van der Waals surface area contributed by atoms with E-state index in [0.29, 0.717) is 37.1 Å². The standard InChI is InChI=1S/2C43H36N4O.6CHCl3.2ClH/c2*48-42(37-25-13-4-14-26-37)44-43(38-27-15-5-16-28-38,39-29-17-6-18-30-39)41(31-34-19-7-1-8-20-34)47-33-40(36-23-11-3-12-24-36)46(45-47)32-35-21-9-2-10-22-35;6*2-1(3)4;;/h2*1-30,33,41H,31-32H2;6*1H;2*1H/t2*41-;;;;;;;;/m00......../s1. The number of amides is 2. The van der Waals surface area contributed by atoms with Gasteiger partial charge in [-0.2, -0.15) is 0 Å². The van der Waals surface area contributed by atoms with Gasteiger partial charge in [0.1, 0.15) is 24.2 Å². The maximum Gasteiger partial charge on any atom is 0.252 e. The van der Waals surface area contributed by atoms with Crippen molar-refractivity contribution in [3.05, 3.63) is 432 Å². The summed E-state index contributed by atoms with van der Waals surface area (Å²) < 4.78 is 3.79. The molecule has 30 heteroatoms. The molecule has 14 aromatic rings. The van der Waals surface area contributed by atoms with Crippen molar-refractivity contribution in [2.75, 3.05) is 0 Å². The molecular formula is C92H80Cl20N8O2. The highest BCUT2D eigenvalue weighted by Crippen LogP contribution is 2.43. The maximum absolute atomic E-state index is 14.4. The van der Waals surface area contributed by atoms with Gasteiger partial charge in [-0.3, -0.25) is 9.59 Å². The Labute approximate surface area is 815 Å². The van der Waals surface area contributed by atoms with E-state index in [1.807, 2.05) is 170 Å². The molecule has 0 aliphatic carbocycles. The Morgan fingerprint density at radius 2 is 0.451 bits per heavy atom. The molecule has 0 spiro atoms. The molecular weight excluding hydrogens is 1960 g/mol. The van der Waals surface area contributed by atoms with E-state index < -0.39 is 36.9 Å². The predicted molar refractivity (Wildman–Crippen MR) is 508 cm³/mol. The molecule has 0 saturated carbocycles. The second kappa shape index (κ2) is 58.1. The van der Waals surface area contributed by atoms with Crippen LogP contribution in [0.4, 0.5) is 0 Å². The summed E-state index contributed by atoms with van der Waals surface area (Å²) in [4.78, 5) is 28.8. The molecule has 0 aliphatic rings. The summed E-state index contributed by atoms with van der Waals surface area (Å²) in [5.41, 5.74) is 11.7. The normalized spacial score (nSPS) is 11.1. The number of carbonyl (C=O) groups excluding carboxylic acids is 2. The summed E-state index contributed by atoms with van der Waals surface area (Å²) >= 11 is 86.5. The van der Waals surface area contributed by atoms with Crippen LogP contribution >= 0.6 is 209 Å². The van der Waals surface area contributed by atoms with Crippen LogP contribution in [0, 0.1) is 0 Å². The van der Waals surface area contributed by atoms with E-state index in [-0.39, 0.29) is 48.7 Å². The second-order valence-electron chi connectivity index (χ2n) is 25.4. The first-order valence-electron chi connectivity index (χ1n) is 36.6. The lowest BCUT2D eigenvalue weighted by atomic mass is 9.74. The van der Waals surface area contributed by atoms with E-state index >= 15 is 0 Å². The number of nitrogens with zero attached hydrogens (tertiary/aromatic N) is 6. The van der Waals surface area contributed by atoms with Crippen LogP contribution in [0.1, 0.15) is 77.3 Å². The molecule has 0 bridgehead atoms. The van der Waals surface area contributed by atoms with Gasteiger partial charge in [0.05, 0.1) is 10.4 Å². The van der Waals surface area contributed by atoms with Crippen LogP contribution in [-0.4, -0.2) is 57.4 Å². The Hall–Kier alpha value is -6.34. The third-order valence-corrected chi connectivity index (χ3v) is 17.8. The second-order valence-corrected chi connectivity index (χ2v) is 37.3. The number of aromatic nitrogens is 6.